The van der Waals surface area contributed by atoms with Crippen LogP contribution in [0, 0.1) is 12.3 Å². The van der Waals surface area contributed by atoms with Gasteiger partial charge in [-0.15, -0.1) is 0 Å². The highest BCUT2D eigenvalue weighted by atomic mass is 32.1. The van der Waals surface area contributed by atoms with E-state index in [-0.39, 0.29) is 0 Å². The zero-order valence-electron chi connectivity index (χ0n) is 9.87. The van der Waals surface area contributed by atoms with E-state index in [0.29, 0.717) is 11.5 Å². The van der Waals surface area contributed by atoms with Crippen molar-refractivity contribution in [2.24, 2.45) is 5.41 Å². The highest BCUT2D eigenvalue weighted by Crippen LogP contribution is 2.47. The van der Waals surface area contributed by atoms with Gasteiger partial charge in [0.05, 0.1) is 10.2 Å². The number of hydrogen-bond donors (Lipinski definition) is 1. The van der Waals surface area contributed by atoms with Crippen molar-refractivity contribution >= 4 is 26.7 Å². The topological polar surface area (TPSA) is 24.9 Å². The van der Waals surface area contributed by atoms with E-state index in [4.69, 9.17) is 0 Å². The highest BCUT2D eigenvalue weighted by molar-refractivity contribution is 7.22. The molecule has 1 N–H and O–H groups in total. The van der Waals surface area contributed by atoms with E-state index in [1.807, 2.05) is 0 Å². The summed E-state index contributed by atoms with van der Waals surface area (Å²) in [6, 6.07) is 7.06. The number of nitrogens with one attached hydrogen (secondary N) is 1. The predicted octanol–water partition coefficient (Wildman–Crippen LogP) is 3.82. The Morgan fingerprint density at radius 3 is 2.88 bits per heavy atom. The van der Waals surface area contributed by atoms with E-state index in [9.17, 15) is 0 Å². The van der Waals surface area contributed by atoms with Crippen LogP contribution in [0.2, 0.25) is 0 Å². The monoisotopic (exact) mass is 232 g/mol. The number of nitrogens with zero attached hydrogens (tertiary/aromatic N) is 1. The SMILES string of the molecule is Cc1ccc2sc(NC3CC3(C)C)nc2c1. The van der Waals surface area contributed by atoms with Crippen LogP contribution in [-0.4, -0.2) is 11.0 Å². The Bertz CT molecular complexity index is 542. The van der Waals surface area contributed by atoms with Crippen LogP contribution in [-0.2, 0) is 0 Å². The average molecular weight is 232 g/mol. The first-order chi connectivity index (χ1) is 7.54. The normalized spacial score (nSPS) is 22.3. The summed E-state index contributed by atoms with van der Waals surface area (Å²) >= 11 is 1.75. The molecule has 16 heavy (non-hydrogen) atoms. The first-order valence-electron chi connectivity index (χ1n) is 5.68. The fraction of sp³-hybridized carbons (Fsp3) is 0.462. The first-order valence-corrected chi connectivity index (χ1v) is 6.50. The maximum atomic E-state index is 4.63. The van der Waals surface area contributed by atoms with Gasteiger partial charge in [-0.1, -0.05) is 31.3 Å². The molecule has 0 amide bonds. The van der Waals surface area contributed by atoms with E-state index < -0.39 is 0 Å². The molecular weight excluding hydrogens is 216 g/mol. The largest absolute Gasteiger partial charge is 0.358 e. The molecule has 0 spiro atoms. The molecule has 1 aliphatic rings. The summed E-state index contributed by atoms with van der Waals surface area (Å²) in [6.07, 6.45) is 1.25. The second-order valence-corrected chi connectivity index (χ2v) is 6.41. The third-order valence-electron chi connectivity index (χ3n) is 3.35. The van der Waals surface area contributed by atoms with Crippen molar-refractivity contribution in [2.75, 3.05) is 5.32 Å². The van der Waals surface area contributed by atoms with Gasteiger partial charge in [0.2, 0.25) is 0 Å². The summed E-state index contributed by atoms with van der Waals surface area (Å²) < 4.78 is 1.27. The highest BCUT2D eigenvalue weighted by Gasteiger charge is 2.46. The Morgan fingerprint density at radius 1 is 1.44 bits per heavy atom. The Hall–Kier alpha value is -1.09. The zero-order valence-corrected chi connectivity index (χ0v) is 10.7. The summed E-state index contributed by atoms with van der Waals surface area (Å²) in [4.78, 5) is 4.63. The van der Waals surface area contributed by atoms with Crippen LogP contribution in [0.15, 0.2) is 18.2 Å². The lowest BCUT2D eigenvalue weighted by molar-refractivity contribution is 0.630. The van der Waals surface area contributed by atoms with Gasteiger partial charge in [0.15, 0.2) is 5.13 Å². The first kappa shape index (κ1) is 10.1. The Labute approximate surface area is 99.7 Å². The molecule has 1 aliphatic carbocycles. The molecule has 1 atom stereocenters. The van der Waals surface area contributed by atoms with Gasteiger partial charge in [0.25, 0.3) is 0 Å². The zero-order chi connectivity index (χ0) is 11.3. The fourth-order valence-electron chi connectivity index (χ4n) is 1.96. The number of anilines is 1. The lowest BCUT2D eigenvalue weighted by Crippen LogP contribution is -2.07. The molecule has 2 aromatic rings. The molecule has 1 aromatic heterocycles. The van der Waals surface area contributed by atoms with E-state index in [1.54, 1.807) is 11.3 Å². The van der Waals surface area contributed by atoms with Gasteiger partial charge in [-0.2, -0.15) is 0 Å². The minimum Gasteiger partial charge on any atom is -0.358 e. The lowest BCUT2D eigenvalue weighted by atomic mass is 10.2. The van der Waals surface area contributed by atoms with Crippen LogP contribution in [0.25, 0.3) is 10.2 Å². The van der Waals surface area contributed by atoms with Crippen LogP contribution < -0.4 is 5.32 Å². The van der Waals surface area contributed by atoms with Crippen molar-refractivity contribution in [2.45, 2.75) is 33.2 Å². The molecule has 3 heteroatoms. The maximum absolute atomic E-state index is 4.63. The number of fused-ring (bicyclic) bond motifs is 1. The lowest BCUT2D eigenvalue weighted by Gasteiger charge is -2.03. The molecule has 1 saturated carbocycles. The molecule has 1 heterocycles. The van der Waals surface area contributed by atoms with Crippen LogP contribution in [0.4, 0.5) is 5.13 Å². The number of thiazole rings is 1. The molecule has 1 aromatic carbocycles. The molecule has 0 saturated heterocycles. The molecule has 3 rings (SSSR count). The Morgan fingerprint density at radius 2 is 2.19 bits per heavy atom. The van der Waals surface area contributed by atoms with Crippen LogP contribution >= 0.6 is 11.3 Å². The van der Waals surface area contributed by atoms with Crippen molar-refractivity contribution in [1.82, 2.24) is 4.98 Å². The second kappa shape index (κ2) is 3.20. The van der Waals surface area contributed by atoms with Gasteiger partial charge in [-0.05, 0) is 36.5 Å². The summed E-state index contributed by atoms with van der Waals surface area (Å²) in [5, 5.41) is 4.59. The Kier molecular flexibility index (Phi) is 2.02. The van der Waals surface area contributed by atoms with E-state index >= 15 is 0 Å². The fourth-order valence-corrected chi connectivity index (χ4v) is 2.86. The number of rotatable bonds is 2. The summed E-state index contributed by atoms with van der Waals surface area (Å²) in [5.41, 5.74) is 2.84. The molecule has 1 fully saturated rings. The third kappa shape index (κ3) is 1.69. The van der Waals surface area contributed by atoms with Crippen LogP contribution in [0.5, 0.6) is 0 Å². The summed E-state index contributed by atoms with van der Waals surface area (Å²) in [6.45, 7) is 6.69. The van der Waals surface area contributed by atoms with Crippen LogP contribution in [0.3, 0.4) is 0 Å². The van der Waals surface area contributed by atoms with Crippen molar-refractivity contribution in [1.29, 1.82) is 0 Å². The van der Waals surface area contributed by atoms with Gasteiger partial charge in [0, 0.05) is 6.04 Å². The van der Waals surface area contributed by atoms with E-state index in [0.717, 1.165) is 10.6 Å². The molecule has 0 aliphatic heterocycles. The van der Waals surface area contributed by atoms with Gasteiger partial charge >= 0.3 is 0 Å². The van der Waals surface area contributed by atoms with Crippen molar-refractivity contribution in [3.63, 3.8) is 0 Å². The third-order valence-corrected chi connectivity index (χ3v) is 4.32. The molecule has 2 nitrogen and oxygen atoms in total. The maximum Gasteiger partial charge on any atom is 0.184 e. The standard InChI is InChI=1S/C13H16N2S/c1-8-4-5-10-9(6-8)14-12(16-10)15-11-7-13(11,2)3/h4-6,11H,7H2,1-3H3,(H,14,15). The summed E-state index contributed by atoms with van der Waals surface area (Å²) in [7, 11) is 0. The summed E-state index contributed by atoms with van der Waals surface area (Å²) in [5.74, 6) is 0. The minimum atomic E-state index is 0.452. The number of hydrogen-bond acceptors (Lipinski definition) is 3. The van der Waals surface area contributed by atoms with Crippen molar-refractivity contribution in [3.05, 3.63) is 23.8 Å². The van der Waals surface area contributed by atoms with E-state index in [1.165, 1.54) is 16.7 Å². The quantitative estimate of drug-likeness (QED) is 0.851. The van der Waals surface area contributed by atoms with Gasteiger partial charge in [-0.3, -0.25) is 0 Å². The Balaban J connectivity index is 1.88. The predicted molar refractivity (Wildman–Crippen MR) is 70.2 cm³/mol. The number of benzene rings is 1. The number of aromatic nitrogens is 1. The van der Waals surface area contributed by atoms with Gasteiger partial charge in [0.1, 0.15) is 0 Å². The minimum absolute atomic E-state index is 0.452. The molecule has 0 bridgehead atoms. The van der Waals surface area contributed by atoms with Crippen LogP contribution in [0.1, 0.15) is 25.8 Å². The van der Waals surface area contributed by atoms with Gasteiger partial charge in [-0.25, -0.2) is 4.98 Å². The second-order valence-electron chi connectivity index (χ2n) is 5.38. The van der Waals surface area contributed by atoms with E-state index in [2.05, 4.69) is 49.3 Å². The van der Waals surface area contributed by atoms with Crippen molar-refractivity contribution < 1.29 is 0 Å². The smallest absolute Gasteiger partial charge is 0.184 e. The van der Waals surface area contributed by atoms with Crippen molar-refractivity contribution in [3.8, 4) is 0 Å². The number of aryl methyl sites for hydroxylation is 1. The molecule has 0 radical (unpaired) electrons. The molecule has 84 valence electrons. The van der Waals surface area contributed by atoms with Gasteiger partial charge < -0.3 is 5.32 Å². The average Bonchev–Trinajstić information content (AvgIpc) is 2.64. The molecule has 1 unspecified atom stereocenters. The molecular formula is C13H16N2S.